The molecule has 14 heavy (non-hydrogen) atoms. The van der Waals surface area contributed by atoms with Gasteiger partial charge in [0.05, 0.1) is 6.42 Å². The third-order valence-corrected chi connectivity index (χ3v) is 2.42. The van der Waals surface area contributed by atoms with E-state index >= 15 is 0 Å². The van der Waals surface area contributed by atoms with E-state index in [-0.39, 0.29) is 18.0 Å². The summed E-state index contributed by atoms with van der Waals surface area (Å²) in [6.45, 7) is 3.63. The van der Waals surface area contributed by atoms with E-state index in [2.05, 4.69) is 6.58 Å². The molecule has 0 radical (unpaired) electrons. The van der Waals surface area contributed by atoms with Crippen LogP contribution < -0.4 is 0 Å². The molecule has 0 atom stereocenters. The largest absolute Gasteiger partial charge is 0.294 e. The lowest BCUT2D eigenvalue weighted by atomic mass is 10.0. The molecule has 1 aromatic rings. The van der Waals surface area contributed by atoms with Crippen LogP contribution in [-0.4, -0.2) is 11.6 Å². The molecule has 1 aromatic carbocycles. The van der Waals surface area contributed by atoms with E-state index in [9.17, 15) is 9.59 Å². The third kappa shape index (κ3) is 1.20. The summed E-state index contributed by atoms with van der Waals surface area (Å²) in [7, 11) is 0. The Hall–Kier alpha value is -1.70. The molecule has 0 aromatic heterocycles. The fourth-order valence-corrected chi connectivity index (χ4v) is 1.82. The zero-order valence-electron chi connectivity index (χ0n) is 7.75. The van der Waals surface area contributed by atoms with Crippen LogP contribution >= 0.6 is 0 Å². The fraction of sp³-hybridized carbons (Fsp3) is 0.167. The van der Waals surface area contributed by atoms with Crippen molar-refractivity contribution in [2.24, 2.45) is 0 Å². The lowest BCUT2D eigenvalue weighted by Gasteiger charge is -2.02. The first kappa shape index (κ1) is 8.88. The standard InChI is InChI=1S/C12H10O2/c1-2-4-8-5-3-6-9-10(13)7-11(14)12(8)9/h2-3,5-6H,1,4,7H2. The first-order valence-electron chi connectivity index (χ1n) is 4.53. The zero-order valence-corrected chi connectivity index (χ0v) is 7.75. The van der Waals surface area contributed by atoms with Gasteiger partial charge in [-0.3, -0.25) is 9.59 Å². The average molecular weight is 186 g/mol. The van der Waals surface area contributed by atoms with Crippen molar-refractivity contribution in [1.29, 1.82) is 0 Å². The lowest BCUT2D eigenvalue weighted by Crippen LogP contribution is -1.97. The molecule has 0 N–H and O–H groups in total. The second-order valence-corrected chi connectivity index (χ2v) is 3.36. The maximum atomic E-state index is 11.5. The summed E-state index contributed by atoms with van der Waals surface area (Å²) in [5, 5.41) is 0. The van der Waals surface area contributed by atoms with E-state index in [1.54, 1.807) is 12.1 Å². The Labute approximate surface area is 82.2 Å². The average Bonchev–Trinajstić information content (AvgIpc) is 2.44. The van der Waals surface area contributed by atoms with E-state index in [1.165, 1.54) is 0 Å². The molecule has 0 spiro atoms. The molecule has 0 unspecified atom stereocenters. The van der Waals surface area contributed by atoms with Gasteiger partial charge in [-0.25, -0.2) is 0 Å². The van der Waals surface area contributed by atoms with E-state index in [0.29, 0.717) is 17.5 Å². The van der Waals surface area contributed by atoms with E-state index in [1.807, 2.05) is 12.1 Å². The SMILES string of the molecule is C=CCc1cccc2c1C(=O)CC2=O. The molecule has 0 fully saturated rings. The van der Waals surface area contributed by atoms with Gasteiger partial charge in [0, 0.05) is 11.1 Å². The van der Waals surface area contributed by atoms with Crippen LogP contribution in [-0.2, 0) is 6.42 Å². The molecule has 0 bridgehead atoms. The second kappa shape index (κ2) is 3.22. The molecule has 2 heteroatoms. The number of allylic oxidation sites excluding steroid dienone is 1. The molecule has 70 valence electrons. The summed E-state index contributed by atoms with van der Waals surface area (Å²) in [4.78, 5) is 22.9. The van der Waals surface area contributed by atoms with Crippen molar-refractivity contribution in [3.63, 3.8) is 0 Å². The number of Topliss-reactive ketones (excluding diaryl/α,β-unsaturated/α-hetero) is 2. The van der Waals surface area contributed by atoms with Crippen LogP contribution in [0.25, 0.3) is 0 Å². The topological polar surface area (TPSA) is 34.1 Å². The van der Waals surface area contributed by atoms with Gasteiger partial charge >= 0.3 is 0 Å². The molecular formula is C12H10O2. The predicted octanol–water partition coefficient (Wildman–Crippen LogP) is 2.18. The smallest absolute Gasteiger partial charge is 0.171 e. The zero-order chi connectivity index (χ0) is 10.1. The van der Waals surface area contributed by atoms with Crippen LogP contribution in [0.5, 0.6) is 0 Å². The molecule has 0 saturated heterocycles. The van der Waals surface area contributed by atoms with Crippen molar-refractivity contribution in [3.05, 3.63) is 47.5 Å². The monoisotopic (exact) mass is 186 g/mol. The van der Waals surface area contributed by atoms with Crippen LogP contribution in [0.2, 0.25) is 0 Å². The van der Waals surface area contributed by atoms with Crippen molar-refractivity contribution >= 4 is 11.6 Å². The summed E-state index contributed by atoms with van der Waals surface area (Å²) in [6.07, 6.45) is 2.41. The number of rotatable bonds is 2. The summed E-state index contributed by atoms with van der Waals surface area (Å²) in [5.74, 6) is -0.113. The van der Waals surface area contributed by atoms with Crippen LogP contribution in [0, 0.1) is 0 Å². The van der Waals surface area contributed by atoms with Gasteiger partial charge < -0.3 is 0 Å². The Morgan fingerprint density at radius 3 is 2.79 bits per heavy atom. The highest BCUT2D eigenvalue weighted by molar-refractivity contribution is 6.24. The van der Waals surface area contributed by atoms with Crippen LogP contribution in [0.4, 0.5) is 0 Å². The maximum Gasteiger partial charge on any atom is 0.171 e. The van der Waals surface area contributed by atoms with Gasteiger partial charge in [0.25, 0.3) is 0 Å². The van der Waals surface area contributed by atoms with E-state index < -0.39 is 0 Å². The summed E-state index contributed by atoms with van der Waals surface area (Å²) >= 11 is 0. The minimum absolute atomic E-state index is 0.0312. The maximum absolute atomic E-state index is 11.5. The minimum atomic E-state index is -0.0593. The highest BCUT2D eigenvalue weighted by atomic mass is 16.2. The molecule has 0 amide bonds. The number of hydrogen-bond donors (Lipinski definition) is 0. The Bertz CT molecular complexity index is 430. The number of carbonyl (C=O) groups excluding carboxylic acids is 2. The van der Waals surface area contributed by atoms with Gasteiger partial charge in [0.15, 0.2) is 11.6 Å². The summed E-state index contributed by atoms with van der Waals surface area (Å²) < 4.78 is 0. The van der Waals surface area contributed by atoms with Gasteiger partial charge in [-0.15, -0.1) is 6.58 Å². The summed E-state index contributed by atoms with van der Waals surface area (Å²) in [6, 6.07) is 5.40. The van der Waals surface area contributed by atoms with Crippen molar-refractivity contribution < 1.29 is 9.59 Å². The van der Waals surface area contributed by atoms with E-state index in [4.69, 9.17) is 0 Å². The third-order valence-electron chi connectivity index (χ3n) is 2.42. The first-order valence-corrected chi connectivity index (χ1v) is 4.53. The number of fused-ring (bicyclic) bond motifs is 1. The predicted molar refractivity (Wildman–Crippen MR) is 53.6 cm³/mol. The Morgan fingerprint density at radius 1 is 1.29 bits per heavy atom. The lowest BCUT2D eigenvalue weighted by molar-refractivity contribution is 0.0923. The van der Waals surface area contributed by atoms with Crippen molar-refractivity contribution in [2.75, 3.05) is 0 Å². The van der Waals surface area contributed by atoms with Gasteiger partial charge in [0.2, 0.25) is 0 Å². The summed E-state index contributed by atoms with van der Waals surface area (Å²) in [5.41, 5.74) is 2.10. The molecule has 0 aliphatic heterocycles. The molecular weight excluding hydrogens is 176 g/mol. The molecule has 0 saturated carbocycles. The van der Waals surface area contributed by atoms with Crippen molar-refractivity contribution in [2.45, 2.75) is 12.8 Å². The van der Waals surface area contributed by atoms with Crippen molar-refractivity contribution in [3.8, 4) is 0 Å². The first-order chi connectivity index (χ1) is 6.74. The molecule has 1 aliphatic carbocycles. The highest BCUT2D eigenvalue weighted by Gasteiger charge is 2.28. The highest BCUT2D eigenvalue weighted by Crippen LogP contribution is 2.25. The van der Waals surface area contributed by atoms with Crippen LogP contribution in [0.15, 0.2) is 30.9 Å². The Balaban J connectivity index is 2.61. The number of hydrogen-bond acceptors (Lipinski definition) is 2. The molecule has 1 aliphatic rings. The number of carbonyl (C=O) groups is 2. The number of ketones is 2. The van der Waals surface area contributed by atoms with Gasteiger partial charge in [-0.2, -0.15) is 0 Å². The fourth-order valence-electron chi connectivity index (χ4n) is 1.82. The normalized spacial score (nSPS) is 14.3. The Morgan fingerprint density at radius 2 is 2.07 bits per heavy atom. The molecule has 2 nitrogen and oxygen atoms in total. The van der Waals surface area contributed by atoms with Gasteiger partial charge in [-0.1, -0.05) is 24.3 Å². The molecule has 2 rings (SSSR count). The second-order valence-electron chi connectivity index (χ2n) is 3.36. The quantitative estimate of drug-likeness (QED) is 0.524. The van der Waals surface area contributed by atoms with Crippen LogP contribution in [0.1, 0.15) is 32.7 Å². The molecule has 0 heterocycles. The van der Waals surface area contributed by atoms with Crippen molar-refractivity contribution in [1.82, 2.24) is 0 Å². The Kier molecular flexibility index (Phi) is 2.04. The minimum Gasteiger partial charge on any atom is -0.294 e. The van der Waals surface area contributed by atoms with E-state index in [0.717, 1.165) is 5.56 Å². The van der Waals surface area contributed by atoms with Crippen LogP contribution in [0.3, 0.4) is 0 Å². The van der Waals surface area contributed by atoms with Gasteiger partial charge in [0.1, 0.15) is 0 Å². The number of benzene rings is 1. The van der Waals surface area contributed by atoms with Gasteiger partial charge in [-0.05, 0) is 12.0 Å².